The van der Waals surface area contributed by atoms with Gasteiger partial charge < -0.3 is 10.1 Å². The minimum absolute atomic E-state index is 0.00298. The number of nitrogens with zero attached hydrogens (tertiary/aromatic N) is 2. The van der Waals surface area contributed by atoms with E-state index in [0.717, 1.165) is 12.1 Å². The van der Waals surface area contributed by atoms with Crippen molar-refractivity contribution in [2.45, 2.75) is 11.4 Å². The summed E-state index contributed by atoms with van der Waals surface area (Å²) in [7, 11) is -4.12. The van der Waals surface area contributed by atoms with Gasteiger partial charge in [-0.05, 0) is 36.4 Å². The summed E-state index contributed by atoms with van der Waals surface area (Å²) in [6.07, 6.45) is 1.38. The molecule has 2 heterocycles. The number of nitrogens with one attached hydrogen (secondary N) is 2. The third-order valence-corrected chi connectivity index (χ3v) is 6.37. The molecule has 1 aliphatic rings. The molecule has 0 fully saturated rings. The van der Waals surface area contributed by atoms with E-state index in [4.69, 9.17) is 27.9 Å². The minimum atomic E-state index is -4.12. The van der Waals surface area contributed by atoms with Crippen LogP contribution in [0.3, 0.4) is 0 Å². The molecule has 0 spiro atoms. The van der Waals surface area contributed by atoms with Gasteiger partial charge in [0.2, 0.25) is 5.96 Å². The van der Waals surface area contributed by atoms with E-state index < -0.39 is 27.4 Å². The fourth-order valence-electron chi connectivity index (χ4n) is 2.74. The van der Waals surface area contributed by atoms with Gasteiger partial charge in [-0.2, -0.15) is 0 Å². The topological polar surface area (TPSA) is 92.7 Å². The number of anilines is 1. The normalized spacial score (nSPS) is 15.7. The maximum atomic E-state index is 14.6. The molecule has 2 N–H and O–H groups in total. The van der Waals surface area contributed by atoms with Crippen molar-refractivity contribution in [1.82, 2.24) is 9.71 Å². The average Bonchev–Trinajstić information content (AvgIpc) is 2.72. The number of pyridine rings is 1. The predicted molar refractivity (Wildman–Crippen MR) is 112 cm³/mol. The first-order valence-electron chi connectivity index (χ1n) is 8.64. The molecule has 12 heteroatoms. The van der Waals surface area contributed by atoms with Gasteiger partial charge in [-0.15, -0.1) is 0 Å². The third-order valence-electron chi connectivity index (χ3n) is 4.19. The van der Waals surface area contributed by atoms with Crippen molar-refractivity contribution < 1.29 is 21.9 Å². The summed E-state index contributed by atoms with van der Waals surface area (Å²) in [5.74, 6) is -2.12. The molecule has 31 heavy (non-hydrogen) atoms. The van der Waals surface area contributed by atoms with Crippen LogP contribution in [0.4, 0.5) is 14.5 Å². The van der Waals surface area contributed by atoms with E-state index in [1.807, 2.05) is 0 Å². The number of sulfonamides is 1. The van der Waals surface area contributed by atoms with Gasteiger partial charge in [-0.1, -0.05) is 29.3 Å². The number of aliphatic imine (C=N–C) groups is 1. The Hall–Kier alpha value is -2.95. The van der Waals surface area contributed by atoms with Crippen molar-refractivity contribution >= 4 is 44.9 Å². The van der Waals surface area contributed by atoms with E-state index >= 15 is 0 Å². The first-order valence-corrected chi connectivity index (χ1v) is 10.9. The van der Waals surface area contributed by atoms with E-state index in [1.54, 1.807) is 0 Å². The van der Waals surface area contributed by atoms with Gasteiger partial charge in [-0.3, -0.25) is 4.98 Å². The lowest BCUT2D eigenvalue weighted by atomic mass is 10.2. The summed E-state index contributed by atoms with van der Waals surface area (Å²) in [6.45, 7) is -0.265. The predicted octanol–water partition coefficient (Wildman–Crippen LogP) is 4.72. The van der Waals surface area contributed by atoms with Crippen LogP contribution in [0.25, 0.3) is 0 Å². The Bertz CT molecular complexity index is 1320. The van der Waals surface area contributed by atoms with E-state index in [1.165, 1.54) is 36.5 Å². The fourth-order valence-corrected chi connectivity index (χ4v) is 4.21. The molecule has 0 saturated carbocycles. The van der Waals surface area contributed by atoms with Gasteiger partial charge in [0.1, 0.15) is 27.2 Å². The molecule has 2 aromatic carbocycles. The number of benzene rings is 2. The number of fused-ring (bicyclic) bond motifs is 1. The summed E-state index contributed by atoms with van der Waals surface area (Å²) < 4.78 is 61.5. The van der Waals surface area contributed by atoms with Crippen molar-refractivity contribution in [1.29, 1.82) is 0 Å². The zero-order valence-electron chi connectivity index (χ0n) is 15.4. The fraction of sp³-hybridized carbons (Fsp3) is 0.0526. The molecule has 0 unspecified atom stereocenters. The number of halogens is 4. The lowest BCUT2D eigenvalue weighted by Gasteiger charge is -2.24. The standard InChI is InChI=1S/C19H12Cl2F2N4O3S/c20-10-3-1-5-14(16(10)21)30-18-12(23)6-7-15-17(18)26-19(27-31(15,28)29)25-9-13-11(22)4-2-8-24-13/h1-8H,9H2,(H2,25,26,27). The summed E-state index contributed by atoms with van der Waals surface area (Å²) in [4.78, 5) is 7.58. The van der Waals surface area contributed by atoms with E-state index in [2.05, 4.69) is 20.0 Å². The molecule has 160 valence electrons. The van der Waals surface area contributed by atoms with E-state index in [0.29, 0.717) is 0 Å². The molecule has 4 rings (SSSR count). The van der Waals surface area contributed by atoms with Crippen LogP contribution in [-0.4, -0.2) is 19.4 Å². The highest BCUT2D eigenvalue weighted by Crippen LogP contribution is 2.42. The maximum Gasteiger partial charge on any atom is 0.266 e. The van der Waals surface area contributed by atoms with Crippen molar-refractivity contribution in [3.05, 3.63) is 76.0 Å². The smallest absolute Gasteiger partial charge is 0.266 e. The first kappa shape index (κ1) is 21.3. The number of aromatic nitrogens is 1. The Labute approximate surface area is 185 Å². The highest BCUT2D eigenvalue weighted by atomic mass is 35.5. The minimum Gasteiger partial charge on any atom is -0.450 e. The maximum absolute atomic E-state index is 14.6. The van der Waals surface area contributed by atoms with Crippen LogP contribution in [0.5, 0.6) is 11.5 Å². The van der Waals surface area contributed by atoms with Crippen LogP contribution in [-0.2, 0) is 16.6 Å². The zero-order valence-corrected chi connectivity index (χ0v) is 17.7. The Kier molecular flexibility index (Phi) is 5.69. The SMILES string of the molecule is O=S1(=O)NC(=NCc2ncccc2F)Nc2c1ccc(F)c2Oc1cccc(Cl)c1Cl. The van der Waals surface area contributed by atoms with Crippen LogP contribution in [0.1, 0.15) is 5.69 Å². The quantitative estimate of drug-likeness (QED) is 0.558. The second kappa shape index (κ2) is 8.29. The first-order chi connectivity index (χ1) is 14.8. The highest BCUT2D eigenvalue weighted by molar-refractivity contribution is 7.90. The third kappa shape index (κ3) is 4.27. The van der Waals surface area contributed by atoms with Crippen molar-refractivity contribution in [2.24, 2.45) is 4.99 Å². The van der Waals surface area contributed by atoms with Gasteiger partial charge in [0.05, 0.1) is 17.3 Å². The Morgan fingerprint density at radius 1 is 1.06 bits per heavy atom. The van der Waals surface area contributed by atoms with Crippen LogP contribution in [0.15, 0.2) is 58.5 Å². The van der Waals surface area contributed by atoms with Crippen LogP contribution >= 0.6 is 23.2 Å². The summed E-state index contributed by atoms with van der Waals surface area (Å²) in [5.41, 5.74) is -0.196. The molecule has 0 aliphatic carbocycles. The molecule has 1 aliphatic heterocycles. The lowest BCUT2D eigenvalue weighted by molar-refractivity contribution is 0.443. The van der Waals surface area contributed by atoms with Gasteiger partial charge in [0.25, 0.3) is 10.0 Å². The Balaban J connectivity index is 1.74. The largest absolute Gasteiger partial charge is 0.450 e. The second-order valence-corrected chi connectivity index (χ2v) is 8.67. The molecule has 0 saturated heterocycles. The monoisotopic (exact) mass is 484 g/mol. The highest BCUT2D eigenvalue weighted by Gasteiger charge is 2.31. The molecule has 7 nitrogen and oxygen atoms in total. The zero-order chi connectivity index (χ0) is 22.2. The van der Waals surface area contributed by atoms with Crippen LogP contribution in [0, 0.1) is 11.6 Å². The molecule has 0 radical (unpaired) electrons. The van der Waals surface area contributed by atoms with Crippen LogP contribution < -0.4 is 14.8 Å². The number of rotatable bonds is 4. The second-order valence-electron chi connectivity index (χ2n) is 6.23. The number of hydrogen-bond acceptors (Lipinski definition) is 5. The van der Waals surface area contributed by atoms with Crippen molar-refractivity contribution in [3.63, 3.8) is 0 Å². The molecular formula is C19H12Cl2F2N4O3S. The average molecular weight is 485 g/mol. The molecule has 0 atom stereocenters. The lowest BCUT2D eigenvalue weighted by Crippen LogP contribution is -2.41. The number of ether oxygens (including phenoxy) is 1. The molecule has 0 bridgehead atoms. The summed E-state index contributed by atoms with van der Waals surface area (Å²) >= 11 is 12.1. The van der Waals surface area contributed by atoms with Gasteiger partial charge in [-0.25, -0.2) is 26.9 Å². The summed E-state index contributed by atoms with van der Waals surface area (Å²) in [5, 5.41) is 2.87. The van der Waals surface area contributed by atoms with E-state index in [-0.39, 0.29) is 44.6 Å². The molecule has 3 aromatic rings. The van der Waals surface area contributed by atoms with Gasteiger partial charge in [0.15, 0.2) is 11.6 Å². The molecule has 0 amide bonds. The molecular weight excluding hydrogens is 473 g/mol. The van der Waals surface area contributed by atoms with Crippen molar-refractivity contribution in [2.75, 3.05) is 5.32 Å². The summed E-state index contributed by atoms with van der Waals surface area (Å²) in [6, 6.07) is 9.13. The number of guanidine groups is 1. The Morgan fingerprint density at radius 3 is 2.65 bits per heavy atom. The Morgan fingerprint density at radius 2 is 1.87 bits per heavy atom. The van der Waals surface area contributed by atoms with Crippen molar-refractivity contribution in [3.8, 4) is 11.5 Å². The van der Waals surface area contributed by atoms with E-state index in [9.17, 15) is 17.2 Å². The van der Waals surface area contributed by atoms with Gasteiger partial charge >= 0.3 is 0 Å². The van der Waals surface area contributed by atoms with Crippen LogP contribution in [0.2, 0.25) is 10.0 Å². The molecule has 1 aromatic heterocycles. The number of hydrogen-bond donors (Lipinski definition) is 2. The van der Waals surface area contributed by atoms with Gasteiger partial charge in [0, 0.05) is 6.20 Å².